The lowest BCUT2D eigenvalue weighted by Crippen LogP contribution is -2.41. The van der Waals surface area contributed by atoms with Crippen molar-refractivity contribution in [2.24, 2.45) is 0 Å². The maximum Gasteiger partial charge on any atom is 0.496 e. The van der Waals surface area contributed by atoms with Crippen LogP contribution in [0.15, 0.2) is 36.4 Å². The van der Waals surface area contributed by atoms with Gasteiger partial charge in [-0.05, 0) is 33.3 Å². The summed E-state index contributed by atoms with van der Waals surface area (Å²) >= 11 is 0. The van der Waals surface area contributed by atoms with Gasteiger partial charge in [0.15, 0.2) is 0 Å². The van der Waals surface area contributed by atoms with Gasteiger partial charge in [-0.2, -0.15) is 5.26 Å². The number of rotatable bonds is 2. The summed E-state index contributed by atoms with van der Waals surface area (Å²) in [6.07, 6.45) is 1.50. The van der Waals surface area contributed by atoms with E-state index in [4.69, 9.17) is 14.6 Å². The summed E-state index contributed by atoms with van der Waals surface area (Å²) in [5, 5.41) is 8.98. The molecule has 1 aromatic carbocycles. The van der Waals surface area contributed by atoms with E-state index >= 15 is 0 Å². The summed E-state index contributed by atoms with van der Waals surface area (Å²) in [4.78, 5) is 0. The van der Waals surface area contributed by atoms with Gasteiger partial charge in [-0.3, -0.25) is 0 Å². The molecule has 0 aromatic heterocycles. The Bertz CT molecular complexity index is 513. The lowest BCUT2D eigenvalue weighted by atomic mass is 9.74. The van der Waals surface area contributed by atoms with E-state index in [9.17, 15) is 0 Å². The zero-order valence-corrected chi connectivity index (χ0v) is 11.8. The van der Waals surface area contributed by atoms with Crippen LogP contribution in [-0.4, -0.2) is 18.3 Å². The van der Waals surface area contributed by atoms with E-state index < -0.39 is 18.3 Å². The predicted molar refractivity (Wildman–Crippen MR) is 76.1 cm³/mol. The van der Waals surface area contributed by atoms with Crippen molar-refractivity contribution in [2.45, 2.75) is 38.9 Å². The van der Waals surface area contributed by atoms with Crippen molar-refractivity contribution in [3.8, 4) is 6.07 Å². The molecular formula is C15H18BNO2. The summed E-state index contributed by atoms with van der Waals surface area (Å²) in [5.41, 5.74) is 0.909. The highest BCUT2D eigenvalue weighted by Gasteiger charge is 2.52. The van der Waals surface area contributed by atoms with Crippen LogP contribution in [0, 0.1) is 11.3 Å². The van der Waals surface area contributed by atoms with Gasteiger partial charge in [-0.1, -0.05) is 30.3 Å². The molecule has 0 bridgehead atoms. The predicted octanol–water partition coefficient (Wildman–Crippen LogP) is 3.22. The Morgan fingerprint density at radius 1 is 1.11 bits per heavy atom. The van der Waals surface area contributed by atoms with Crippen LogP contribution in [-0.2, 0) is 9.31 Å². The molecule has 0 radical (unpaired) electrons. The summed E-state index contributed by atoms with van der Waals surface area (Å²) in [7, 11) is -0.507. The SMILES string of the molecule is CC1(C)OB(/C(=C/C#N)c2ccccc2)OC1(C)C. The highest BCUT2D eigenvalue weighted by atomic mass is 16.7. The van der Waals surface area contributed by atoms with Crippen LogP contribution in [0.1, 0.15) is 33.3 Å². The topological polar surface area (TPSA) is 42.2 Å². The summed E-state index contributed by atoms with van der Waals surface area (Å²) in [6.45, 7) is 8.01. The van der Waals surface area contributed by atoms with Crippen molar-refractivity contribution < 1.29 is 9.31 Å². The molecule has 1 saturated heterocycles. The van der Waals surface area contributed by atoms with E-state index in [0.717, 1.165) is 11.0 Å². The monoisotopic (exact) mass is 255 g/mol. The molecule has 0 spiro atoms. The molecule has 1 aliphatic heterocycles. The Labute approximate surface area is 115 Å². The molecule has 98 valence electrons. The number of hydrogen-bond acceptors (Lipinski definition) is 3. The molecule has 0 saturated carbocycles. The van der Waals surface area contributed by atoms with E-state index in [1.54, 1.807) is 0 Å². The van der Waals surface area contributed by atoms with Gasteiger partial charge in [-0.15, -0.1) is 0 Å². The van der Waals surface area contributed by atoms with Crippen molar-refractivity contribution in [1.29, 1.82) is 5.26 Å². The first-order chi connectivity index (χ1) is 8.87. The van der Waals surface area contributed by atoms with E-state index in [1.807, 2.05) is 58.0 Å². The molecule has 4 heteroatoms. The van der Waals surface area contributed by atoms with Gasteiger partial charge in [0.1, 0.15) is 0 Å². The van der Waals surface area contributed by atoms with Gasteiger partial charge >= 0.3 is 7.12 Å². The molecule has 3 nitrogen and oxygen atoms in total. The lowest BCUT2D eigenvalue weighted by Gasteiger charge is -2.32. The van der Waals surface area contributed by atoms with E-state index in [1.165, 1.54) is 6.08 Å². The minimum absolute atomic E-state index is 0.402. The molecule has 1 aromatic rings. The van der Waals surface area contributed by atoms with Crippen LogP contribution in [0.2, 0.25) is 0 Å². The smallest absolute Gasteiger partial charge is 0.399 e. The number of hydrogen-bond donors (Lipinski definition) is 0. The maximum absolute atomic E-state index is 8.98. The fraction of sp³-hybridized carbons (Fsp3) is 0.400. The molecular weight excluding hydrogens is 237 g/mol. The Morgan fingerprint density at radius 2 is 1.63 bits per heavy atom. The Hall–Kier alpha value is -1.57. The maximum atomic E-state index is 8.98. The summed E-state index contributed by atoms with van der Waals surface area (Å²) in [6, 6.07) is 11.8. The van der Waals surface area contributed by atoms with Crippen LogP contribution in [0.4, 0.5) is 0 Å². The van der Waals surface area contributed by atoms with Crippen molar-refractivity contribution in [1.82, 2.24) is 0 Å². The lowest BCUT2D eigenvalue weighted by molar-refractivity contribution is 0.00578. The van der Waals surface area contributed by atoms with Gasteiger partial charge in [0, 0.05) is 11.5 Å². The van der Waals surface area contributed by atoms with Crippen LogP contribution in [0.25, 0.3) is 5.47 Å². The Morgan fingerprint density at radius 3 is 2.11 bits per heavy atom. The van der Waals surface area contributed by atoms with E-state index in [-0.39, 0.29) is 0 Å². The van der Waals surface area contributed by atoms with Gasteiger partial charge in [0.2, 0.25) is 0 Å². The molecule has 0 amide bonds. The molecule has 0 atom stereocenters. The van der Waals surface area contributed by atoms with Crippen molar-refractivity contribution in [2.75, 3.05) is 0 Å². The normalized spacial score (nSPS) is 21.2. The number of nitriles is 1. The second kappa shape index (κ2) is 4.84. The second-order valence-corrected chi connectivity index (χ2v) is 5.68. The van der Waals surface area contributed by atoms with Gasteiger partial charge in [0.05, 0.1) is 17.3 Å². The fourth-order valence-corrected chi connectivity index (χ4v) is 1.96. The molecule has 0 aliphatic carbocycles. The minimum atomic E-state index is -0.507. The minimum Gasteiger partial charge on any atom is -0.399 e. The molecule has 0 N–H and O–H groups in total. The first kappa shape index (κ1) is 13.9. The molecule has 1 heterocycles. The quantitative estimate of drug-likeness (QED) is 0.601. The molecule has 1 aliphatic rings. The first-order valence-corrected chi connectivity index (χ1v) is 6.38. The van der Waals surface area contributed by atoms with Gasteiger partial charge in [0.25, 0.3) is 0 Å². The van der Waals surface area contributed by atoms with Crippen LogP contribution in [0.5, 0.6) is 0 Å². The Kier molecular flexibility index (Phi) is 3.53. The zero-order chi connectivity index (χ0) is 14.1. The number of benzene rings is 1. The van der Waals surface area contributed by atoms with Crippen molar-refractivity contribution in [3.63, 3.8) is 0 Å². The second-order valence-electron chi connectivity index (χ2n) is 5.68. The largest absolute Gasteiger partial charge is 0.496 e. The molecule has 1 fully saturated rings. The number of allylic oxidation sites excluding steroid dienone is 1. The third-order valence-electron chi connectivity index (χ3n) is 3.83. The molecule has 19 heavy (non-hydrogen) atoms. The van der Waals surface area contributed by atoms with Crippen LogP contribution < -0.4 is 0 Å². The summed E-state index contributed by atoms with van der Waals surface area (Å²) in [5.74, 6) is 0. The fourth-order valence-electron chi connectivity index (χ4n) is 1.96. The first-order valence-electron chi connectivity index (χ1n) is 6.38. The Balaban J connectivity index is 2.35. The van der Waals surface area contributed by atoms with Gasteiger partial charge in [-0.25, -0.2) is 0 Å². The molecule has 0 unspecified atom stereocenters. The van der Waals surface area contributed by atoms with Gasteiger partial charge < -0.3 is 9.31 Å². The van der Waals surface area contributed by atoms with E-state index in [2.05, 4.69) is 6.07 Å². The average Bonchev–Trinajstić information content (AvgIpc) is 2.56. The number of nitrogens with zero attached hydrogens (tertiary/aromatic N) is 1. The van der Waals surface area contributed by atoms with Crippen LogP contribution in [0.3, 0.4) is 0 Å². The van der Waals surface area contributed by atoms with Crippen LogP contribution >= 0.6 is 0 Å². The van der Waals surface area contributed by atoms with Crippen molar-refractivity contribution in [3.05, 3.63) is 42.0 Å². The highest BCUT2D eigenvalue weighted by molar-refractivity contribution is 6.69. The van der Waals surface area contributed by atoms with E-state index in [0.29, 0.717) is 0 Å². The highest BCUT2D eigenvalue weighted by Crippen LogP contribution is 2.40. The third kappa shape index (κ3) is 2.58. The average molecular weight is 255 g/mol. The zero-order valence-electron chi connectivity index (χ0n) is 11.8. The molecule has 2 rings (SSSR count). The van der Waals surface area contributed by atoms with Crippen molar-refractivity contribution >= 4 is 12.6 Å². The third-order valence-corrected chi connectivity index (χ3v) is 3.83. The summed E-state index contributed by atoms with van der Waals surface area (Å²) < 4.78 is 12.0. The standard InChI is InChI=1S/C15H18BNO2/c1-14(2)15(3,4)19-16(18-14)13(10-11-17)12-8-6-5-7-9-12/h5-10H,1-4H3/b13-10+.